The van der Waals surface area contributed by atoms with Gasteiger partial charge < -0.3 is 10.5 Å². The van der Waals surface area contributed by atoms with Crippen molar-refractivity contribution in [1.29, 1.82) is 0 Å². The zero-order valence-electron chi connectivity index (χ0n) is 11.4. The molecule has 1 heterocycles. The maximum Gasteiger partial charge on any atom is 0.137 e. The van der Waals surface area contributed by atoms with Gasteiger partial charge in [0.05, 0.1) is 12.8 Å². The van der Waals surface area contributed by atoms with Gasteiger partial charge >= 0.3 is 0 Å². The van der Waals surface area contributed by atoms with Crippen LogP contribution in [0.15, 0.2) is 18.5 Å². The maximum atomic E-state index is 6.38. The van der Waals surface area contributed by atoms with Crippen molar-refractivity contribution in [3.05, 3.63) is 24.0 Å². The van der Waals surface area contributed by atoms with Crippen LogP contribution < -0.4 is 10.5 Å². The molecule has 1 aliphatic carbocycles. The topological polar surface area (TPSA) is 48.1 Å². The van der Waals surface area contributed by atoms with Gasteiger partial charge in [0.2, 0.25) is 0 Å². The second-order valence-corrected chi connectivity index (χ2v) is 5.43. The lowest BCUT2D eigenvalue weighted by Crippen LogP contribution is -2.25. The van der Waals surface area contributed by atoms with E-state index in [1.165, 1.54) is 25.7 Å². The largest absolute Gasteiger partial charge is 0.492 e. The van der Waals surface area contributed by atoms with Crippen LogP contribution in [0.3, 0.4) is 0 Å². The Morgan fingerprint density at radius 1 is 1.33 bits per heavy atom. The number of pyridine rings is 1. The molecule has 2 N–H and O–H groups in total. The van der Waals surface area contributed by atoms with Crippen LogP contribution in [0.2, 0.25) is 0 Å². The number of hydrogen-bond acceptors (Lipinski definition) is 3. The first-order valence-electron chi connectivity index (χ1n) is 7.04. The fraction of sp³-hybridized carbons (Fsp3) is 0.667. The summed E-state index contributed by atoms with van der Waals surface area (Å²) in [5.41, 5.74) is 7.50. The quantitative estimate of drug-likeness (QED) is 0.889. The summed E-state index contributed by atoms with van der Waals surface area (Å²) in [6.45, 7) is 4.98. The normalized spacial score (nSPS) is 25.7. The third kappa shape index (κ3) is 3.22. The summed E-state index contributed by atoms with van der Waals surface area (Å²) in [5.74, 6) is 2.29. The summed E-state index contributed by atoms with van der Waals surface area (Å²) in [6.07, 6.45) is 8.71. The highest BCUT2D eigenvalue weighted by molar-refractivity contribution is 5.26. The Labute approximate surface area is 110 Å². The lowest BCUT2D eigenvalue weighted by Gasteiger charge is -2.30. The minimum atomic E-state index is 0.102. The van der Waals surface area contributed by atoms with Crippen LogP contribution >= 0.6 is 0 Å². The molecule has 1 aromatic rings. The first-order valence-corrected chi connectivity index (χ1v) is 7.04. The van der Waals surface area contributed by atoms with E-state index in [1.807, 2.05) is 19.2 Å². The van der Waals surface area contributed by atoms with Gasteiger partial charge in [-0.3, -0.25) is 4.98 Å². The molecule has 0 bridgehead atoms. The van der Waals surface area contributed by atoms with Gasteiger partial charge in [-0.05, 0) is 43.2 Å². The highest BCUT2D eigenvalue weighted by atomic mass is 16.5. The smallest absolute Gasteiger partial charge is 0.137 e. The molecule has 2 rings (SSSR count). The van der Waals surface area contributed by atoms with Gasteiger partial charge in [-0.1, -0.05) is 19.8 Å². The van der Waals surface area contributed by atoms with E-state index in [2.05, 4.69) is 11.9 Å². The molecule has 1 aromatic heterocycles. The molecule has 0 saturated heterocycles. The molecule has 0 aromatic carbocycles. The summed E-state index contributed by atoms with van der Waals surface area (Å²) < 4.78 is 5.48. The van der Waals surface area contributed by atoms with E-state index in [0.29, 0.717) is 12.5 Å². The standard InChI is InChI=1S/C15H24N2O/c1-3-18-14-8-13(9-17-10-14)15(16)12-6-4-11(2)5-7-12/h8-12,15H,3-7,16H2,1-2H3. The van der Waals surface area contributed by atoms with Crippen molar-refractivity contribution >= 4 is 0 Å². The lowest BCUT2D eigenvalue weighted by molar-refractivity contribution is 0.255. The third-order valence-electron chi connectivity index (χ3n) is 4.00. The van der Waals surface area contributed by atoms with Gasteiger partial charge in [0.25, 0.3) is 0 Å². The molecule has 1 atom stereocenters. The summed E-state index contributed by atoms with van der Waals surface area (Å²) in [7, 11) is 0. The molecule has 0 radical (unpaired) electrons. The molecule has 1 unspecified atom stereocenters. The molecular weight excluding hydrogens is 224 g/mol. The third-order valence-corrected chi connectivity index (χ3v) is 4.00. The first-order chi connectivity index (χ1) is 8.70. The molecule has 1 aliphatic rings. The molecule has 1 saturated carbocycles. The molecule has 3 nitrogen and oxygen atoms in total. The molecule has 3 heteroatoms. The SMILES string of the molecule is CCOc1cncc(C(N)C2CCC(C)CC2)c1. The minimum absolute atomic E-state index is 0.102. The van der Waals surface area contributed by atoms with Crippen molar-refractivity contribution in [2.24, 2.45) is 17.6 Å². The van der Waals surface area contributed by atoms with Crippen molar-refractivity contribution in [3.8, 4) is 5.75 Å². The van der Waals surface area contributed by atoms with E-state index < -0.39 is 0 Å². The Morgan fingerprint density at radius 2 is 2.06 bits per heavy atom. The predicted molar refractivity (Wildman–Crippen MR) is 73.5 cm³/mol. The molecule has 18 heavy (non-hydrogen) atoms. The van der Waals surface area contributed by atoms with Gasteiger partial charge in [0.1, 0.15) is 5.75 Å². The number of nitrogens with zero attached hydrogens (tertiary/aromatic N) is 1. The fourth-order valence-corrected chi connectivity index (χ4v) is 2.78. The zero-order chi connectivity index (χ0) is 13.0. The van der Waals surface area contributed by atoms with Crippen molar-refractivity contribution in [3.63, 3.8) is 0 Å². The predicted octanol–water partition coefficient (Wildman–Crippen LogP) is 3.31. The van der Waals surface area contributed by atoms with Crippen molar-refractivity contribution in [1.82, 2.24) is 4.98 Å². The Morgan fingerprint density at radius 3 is 2.72 bits per heavy atom. The molecule has 0 amide bonds. The summed E-state index contributed by atoms with van der Waals surface area (Å²) in [4.78, 5) is 4.23. The number of nitrogens with two attached hydrogens (primary N) is 1. The van der Waals surface area contributed by atoms with Gasteiger partial charge in [-0.15, -0.1) is 0 Å². The Bertz CT molecular complexity index is 373. The van der Waals surface area contributed by atoms with E-state index in [0.717, 1.165) is 17.2 Å². The van der Waals surface area contributed by atoms with E-state index >= 15 is 0 Å². The average molecular weight is 248 g/mol. The van der Waals surface area contributed by atoms with Crippen LogP contribution in [-0.2, 0) is 0 Å². The number of ether oxygens (including phenoxy) is 1. The van der Waals surface area contributed by atoms with E-state index in [4.69, 9.17) is 10.5 Å². The Hall–Kier alpha value is -1.09. The molecular formula is C15H24N2O. The van der Waals surface area contributed by atoms with Crippen LogP contribution in [0.1, 0.15) is 51.1 Å². The van der Waals surface area contributed by atoms with Gasteiger partial charge in [0, 0.05) is 12.2 Å². The summed E-state index contributed by atoms with van der Waals surface area (Å²) in [5, 5.41) is 0. The number of hydrogen-bond donors (Lipinski definition) is 1. The van der Waals surface area contributed by atoms with Crippen LogP contribution in [-0.4, -0.2) is 11.6 Å². The number of aromatic nitrogens is 1. The lowest BCUT2D eigenvalue weighted by atomic mass is 9.78. The van der Waals surface area contributed by atoms with Crippen molar-refractivity contribution in [2.45, 2.75) is 45.6 Å². The monoisotopic (exact) mass is 248 g/mol. The molecule has 100 valence electrons. The van der Waals surface area contributed by atoms with Gasteiger partial charge in [-0.2, -0.15) is 0 Å². The van der Waals surface area contributed by atoms with Crippen molar-refractivity contribution < 1.29 is 4.74 Å². The van der Waals surface area contributed by atoms with Crippen molar-refractivity contribution in [2.75, 3.05) is 6.61 Å². The second kappa shape index (κ2) is 6.19. The average Bonchev–Trinajstić information content (AvgIpc) is 2.39. The molecule has 0 spiro atoms. The fourth-order valence-electron chi connectivity index (χ4n) is 2.78. The second-order valence-electron chi connectivity index (χ2n) is 5.43. The molecule has 1 fully saturated rings. The van der Waals surface area contributed by atoms with Crippen LogP contribution in [0.25, 0.3) is 0 Å². The van der Waals surface area contributed by atoms with Crippen LogP contribution in [0, 0.1) is 11.8 Å². The van der Waals surface area contributed by atoms with Crippen LogP contribution in [0.5, 0.6) is 5.75 Å². The first kappa shape index (κ1) is 13.3. The van der Waals surface area contributed by atoms with Gasteiger partial charge in [-0.25, -0.2) is 0 Å². The van der Waals surface area contributed by atoms with E-state index in [-0.39, 0.29) is 6.04 Å². The molecule has 0 aliphatic heterocycles. The van der Waals surface area contributed by atoms with E-state index in [1.54, 1.807) is 6.20 Å². The summed E-state index contributed by atoms with van der Waals surface area (Å²) in [6, 6.07) is 2.14. The zero-order valence-corrected chi connectivity index (χ0v) is 11.4. The highest BCUT2D eigenvalue weighted by Crippen LogP contribution is 2.35. The minimum Gasteiger partial charge on any atom is -0.492 e. The van der Waals surface area contributed by atoms with Crippen LogP contribution in [0.4, 0.5) is 0 Å². The van der Waals surface area contributed by atoms with Gasteiger partial charge in [0.15, 0.2) is 0 Å². The number of rotatable bonds is 4. The summed E-state index contributed by atoms with van der Waals surface area (Å²) >= 11 is 0. The maximum absolute atomic E-state index is 6.38. The Balaban J connectivity index is 2.03. The van der Waals surface area contributed by atoms with E-state index in [9.17, 15) is 0 Å². The Kier molecular flexibility index (Phi) is 4.59. The highest BCUT2D eigenvalue weighted by Gasteiger charge is 2.25.